The summed E-state index contributed by atoms with van der Waals surface area (Å²) in [6, 6.07) is 2.09. The van der Waals surface area contributed by atoms with E-state index in [1.807, 2.05) is 0 Å². The predicted octanol–water partition coefficient (Wildman–Crippen LogP) is 1.36. The summed E-state index contributed by atoms with van der Waals surface area (Å²) >= 11 is 0. The van der Waals surface area contributed by atoms with Gasteiger partial charge in [-0.25, -0.2) is 4.39 Å². The average molecular weight is 237 g/mol. The molecule has 1 amide bonds. The molecule has 0 aromatic heterocycles. The molecule has 1 aromatic rings. The van der Waals surface area contributed by atoms with Crippen LogP contribution >= 0.6 is 0 Å². The van der Waals surface area contributed by atoms with Crippen LogP contribution in [0.15, 0.2) is 18.2 Å². The predicted molar refractivity (Wildman–Crippen MR) is 45.6 cm³/mol. The number of alkyl halides is 3. The molecule has 0 heterocycles. The zero-order chi connectivity index (χ0) is 12.5. The molecule has 3 nitrogen and oxygen atoms in total. The minimum absolute atomic E-state index is 0.560. The molecular formula is C9H7F4NO2. The maximum absolute atomic E-state index is 13.1. The van der Waals surface area contributed by atoms with Crippen LogP contribution in [0.3, 0.4) is 0 Å². The fourth-order valence-corrected chi connectivity index (χ4v) is 1.20. The first kappa shape index (κ1) is 12.4. The first-order chi connectivity index (χ1) is 7.25. The Kier molecular flexibility index (Phi) is 3.18. The number of hydrogen-bond acceptors (Lipinski definition) is 2. The molecule has 0 radical (unpaired) electrons. The molecule has 1 atom stereocenters. The van der Waals surface area contributed by atoms with E-state index in [2.05, 4.69) is 5.73 Å². The fourth-order valence-electron chi connectivity index (χ4n) is 1.20. The molecule has 0 saturated carbocycles. The molecule has 16 heavy (non-hydrogen) atoms. The number of primary amides is 1. The molecule has 7 heteroatoms. The van der Waals surface area contributed by atoms with Gasteiger partial charge in [-0.2, -0.15) is 13.2 Å². The van der Waals surface area contributed by atoms with E-state index < -0.39 is 35.1 Å². The van der Waals surface area contributed by atoms with E-state index in [1.54, 1.807) is 0 Å². The van der Waals surface area contributed by atoms with Gasteiger partial charge < -0.3 is 10.8 Å². The van der Waals surface area contributed by atoms with Gasteiger partial charge in [0.05, 0.1) is 5.56 Å². The van der Waals surface area contributed by atoms with Crippen molar-refractivity contribution in [2.45, 2.75) is 12.3 Å². The lowest BCUT2D eigenvalue weighted by Gasteiger charge is -2.15. The molecule has 0 unspecified atom stereocenters. The van der Waals surface area contributed by atoms with Crippen molar-refractivity contribution in [1.82, 2.24) is 0 Å². The molecule has 88 valence electrons. The van der Waals surface area contributed by atoms with E-state index in [9.17, 15) is 22.4 Å². The van der Waals surface area contributed by atoms with Gasteiger partial charge in [0.15, 0.2) is 6.10 Å². The van der Waals surface area contributed by atoms with E-state index in [-0.39, 0.29) is 0 Å². The highest BCUT2D eigenvalue weighted by Gasteiger charge is 2.37. The maximum Gasteiger partial charge on any atom is 0.416 e. The van der Waals surface area contributed by atoms with Gasteiger partial charge in [0, 0.05) is 5.56 Å². The SMILES string of the molecule is NC(=O)[C@H](O)c1c(F)cccc1C(F)(F)F. The van der Waals surface area contributed by atoms with Crippen molar-refractivity contribution in [3.63, 3.8) is 0 Å². The van der Waals surface area contributed by atoms with Crippen molar-refractivity contribution >= 4 is 5.91 Å². The monoisotopic (exact) mass is 237 g/mol. The molecule has 0 saturated heterocycles. The highest BCUT2D eigenvalue weighted by molar-refractivity contribution is 5.80. The quantitative estimate of drug-likeness (QED) is 0.763. The minimum Gasteiger partial charge on any atom is -0.378 e. The number of carbonyl (C=O) groups is 1. The third-order valence-corrected chi connectivity index (χ3v) is 1.90. The molecule has 0 bridgehead atoms. The summed E-state index contributed by atoms with van der Waals surface area (Å²) in [5, 5.41) is 9.11. The largest absolute Gasteiger partial charge is 0.416 e. The second-order valence-corrected chi connectivity index (χ2v) is 3.00. The lowest BCUT2D eigenvalue weighted by atomic mass is 10.0. The first-order valence-electron chi connectivity index (χ1n) is 4.08. The smallest absolute Gasteiger partial charge is 0.378 e. The van der Waals surface area contributed by atoms with Gasteiger partial charge in [-0.05, 0) is 12.1 Å². The van der Waals surface area contributed by atoms with E-state index in [1.165, 1.54) is 0 Å². The minimum atomic E-state index is -4.87. The normalized spacial score (nSPS) is 13.6. The fraction of sp³-hybridized carbons (Fsp3) is 0.222. The van der Waals surface area contributed by atoms with Crippen LogP contribution < -0.4 is 5.73 Å². The summed E-state index contributed by atoms with van der Waals surface area (Å²) < 4.78 is 50.4. The Hall–Kier alpha value is -1.63. The van der Waals surface area contributed by atoms with Gasteiger partial charge in [-0.15, -0.1) is 0 Å². The number of nitrogens with two attached hydrogens (primary N) is 1. The number of benzene rings is 1. The topological polar surface area (TPSA) is 63.3 Å². The number of amides is 1. The number of carbonyl (C=O) groups excluding carboxylic acids is 1. The standard InChI is InChI=1S/C9H7F4NO2/c10-5-3-1-2-4(9(11,12)13)6(5)7(15)8(14)16/h1-3,7,15H,(H2,14,16)/t7-/m1/s1. The van der Waals surface area contributed by atoms with Crippen LogP contribution in [-0.2, 0) is 11.0 Å². The third kappa shape index (κ3) is 2.30. The highest BCUT2D eigenvalue weighted by atomic mass is 19.4. The van der Waals surface area contributed by atoms with Gasteiger partial charge in [0.1, 0.15) is 5.82 Å². The molecule has 0 fully saturated rings. The van der Waals surface area contributed by atoms with Crippen LogP contribution in [0.4, 0.5) is 17.6 Å². The zero-order valence-electron chi connectivity index (χ0n) is 7.75. The molecule has 3 N–H and O–H groups in total. The number of aliphatic hydroxyl groups is 1. The van der Waals surface area contributed by atoms with Crippen molar-refractivity contribution in [1.29, 1.82) is 0 Å². The summed E-state index contributed by atoms with van der Waals surface area (Å²) in [6.45, 7) is 0. The first-order valence-corrected chi connectivity index (χ1v) is 4.08. The number of aliphatic hydroxyl groups excluding tert-OH is 1. The Bertz CT molecular complexity index is 416. The van der Waals surface area contributed by atoms with Crippen molar-refractivity contribution in [2.24, 2.45) is 5.73 Å². The number of rotatable bonds is 2. The van der Waals surface area contributed by atoms with Gasteiger partial charge in [0.25, 0.3) is 5.91 Å². The van der Waals surface area contributed by atoms with Crippen molar-refractivity contribution in [3.8, 4) is 0 Å². The molecule has 0 aliphatic rings. The van der Waals surface area contributed by atoms with Crippen molar-refractivity contribution < 1.29 is 27.5 Å². The summed E-state index contributed by atoms with van der Waals surface area (Å²) in [6.07, 6.45) is -7.19. The Labute approximate surface area is 87.5 Å². The Balaban J connectivity index is 3.41. The van der Waals surface area contributed by atoms with E-state index in [4.69, 9.17) is 5.11 Å². The van der Waals surface area contributed by atoms with Crippen LogP contribution in [0.5, 0.6) is 0 Å². The van der Waals surface area contributed by atoms with Crippen LogP contribution in [-0.4, -0.2) is 11.0 Å². The van der Waals surface area contributed by atoms with Gasteiger partial charge in [-0.1, -0.05) is 6.07 Å². The van der Waals surface area contributed by atoms with Gasteiger partial charge in [-0.3, -0.25) is 4.79 Å². The Morgan fingerprint density at radius 3 is 2.38 bits per heavy atom. The van der Waals surface area contributed by atoms with Crippen LogP contribution in [0.25, 0.3) is 0 Å². The van der Waals surface area contributed by atoms with Crippen LogP contribution in [0.1, 0.15) is 17.2 Å². The Morgan fingerprint density at radius 2 is 1.94 bits per heavy atom. The Morgan fingerprint density at radius 1 is 1.38 bits per heavy atom. The second-order valence-electron chi connectivity index (χ2n) is 3.00. The zero-order valence-corrected chi connectivity index (χ0v) is 7.75. The number of halogens is 4. The summed E-state index contributed by atoms with van der Waals surface area (Å²) in [5.74, 6) is -2.78. The highest BCUT2D eigenvalue weighted by Crippen LogP contribution is 2.35. The third-order valence-electron chi connectivity index (χ3n) is 1.90. The van der Waals surface area contributed by atoms with Crippen LogP contribution in [0.2, 0.25) is 0 Å². The average Bonchev–Trinajstić information content (AvgIpc) is 2.14. The van der Waals surface area contributed by atoms with Crippen molar-refractivity contribution in [2.75, 3.05) is 0 Å². The maximum atomic E-state index is 13.1. The van der Waals surface area contributed by atoms with Gasteiger partial charge in [0.2, 0.25) is 0 Å². The second kappa shape index (κ2) is 4.09. The summed E-state index contributed by atoms with van der Waals surface area (Å²) in [7, 11) is 0. The summed E-state index contributed by atoms with van der Waals surface area (Å²) in [5.41, 5.74) is 2.06. The molecule has 1 aromatic carbocycles. The van der Waals surface area contributed by atoms with E-state index in [0.29, 0.717) is 12.1 Å². The molecule has 0 aliphatic carbocycles. The van der Waals surface area contributed by atoms with Crippen LogP contribution in [0, 0.1) is 5.82 Å². The van der Waals surface area contributed by atoms with Gasteiger partial charge >= 0.3 is 6.18 Å². The molecule has 1 rings (SSSR count). The number of hydrogen-bond donors (Lipinski definition) is 2. The lowest BCUT2D eigenvalue weighted by Crippen LogP contribution is -2.25. The molecule has 0 aliphatic heterocycles. The van der Waals surface area contributed by atoms with E-state index in [0.717, 1.165) is 6.07 Å². The lowest BCUT2D eigenvalue weighted by molar-refractivity contribution is -0.140. The summed E-state index contributed by atoms with van der Waals surface area (Å²) in [4.78, 5) is 10.6. The molecule has 0 spiro atoms. The van der Waals surface area contributed by atoms with E-state index >= 15 is 0 Å². The molecular weight excluding hydrogens is 230 g/mol. The van der Waals surface area contributed by atoms with Crippen molar-refractivity contribution in [3.05, 3.63) is 35.1 Å².